The summed E-state index contributed by atoms with van der Waals surface area (Å²) >= 11 is 2.65. The number of pyridine rings is 2. The summed E-state index contributed by atoms with van der Waals surface area (Å²) < 4.78 is 21.6. The van der Waals surface area contributed by atoms with E-state index in [2.05, 4.69) is 38.2 Å². The molecule has 2 aromatic carbocycles. The SMILES string of the molecule is c1ccc2nc(C3(c4nccc5ccccc45)OCC(c4ccsn4)C3(c3conn3)c3csnn3)ccc2c1. The molecule has 8 rings (SSSR count). The van der Waals surface area contributed by atoms with Crippen LogP contribution >= 0.6 is 23.1 Å². The van der Waals surface area contributed by atoms with Gasteiger partial charge in [-0.25, -0.2) is 4.98 Å². The summed E-state index contributed by atoms with van der Waals surface area (Å²) in [6.07, 6.45) is 3.37. The summed E-state index contributed by atoms with van der Waals surface area (Å²) in [5, 5.41) is 20.0. The number of hydrogen-bond donors (Lipinski definition) is 0. The van der Waals surface area contributed by atoms with Crippen molar-refractivity contribution < 1.29 is 9.26 Å². The highest BCUT2D eigenvalue weighted by Gasteiger charge is 2.70. The van der Waals surface area contributed by atoms with E-state index >= 15 is 0 Å². The smallest absolute Gasteiger partial charge is 0.170 e. The maximum Gasteiger partial charge on any atom is 0.170 e. The van der Waals surface area contributed by atoms with E-state index < -0.39 is 11.0 Å². The van der Waals surface area contributed by atoms with Crippen LogP contribution < -0.4 is 0 Å². The van der Waals surface area contributed by atoms with Gasteiger partial charge in [0.2, 0.25) is 0 Å². The van der Waals surface area contributed by atoms with Gasteiger partial charge in [0.15, 0.2) is 5.60 Å². The average molecular weight is 562 g/mol. The summed E-state index contributed by atoms with van der Waals surface area (Å²) in [4.78, 5) is 10.3. The summed E-state index contributed by atoms with van der Waals surface area (Å²) in [6, 6.07) is 24.3. The minimum Gasteiger partial charge on any atom is -0.360 e. The van der Waals surface area contributed by atoms with Gasteiger partial charge in [0.05, 0.1) is 34.9 Å². The number of ether oxygens (including phenoxy) is 1. The minimum atomic E-state index is -1.31. The van der Waals surface area contributed by atoms with Crippen LogP contribution in [0.1, 0.15) is 34.4 Å². The first-order valence-corrected chi connectivity index (χ1v) is 14.3. The molecule has 9 nitrogen and oxygen atoms in total. The molecule has 11 heteroatoms. The van der Waals surface area contributed by atoms with Crippen LogP contribution in [0.4, 0.5) is 0 Å². The molecule has 3 unspecified atom stereocenters. The van der Waals surface area contributed by atoms with E-state index in [1.165, 1.54) is 23.1 Å². The number of benzene rings is 2. The van der Waals surface area contributed by atoms with Crippen LogP contribution in [0.2, 0.25) is 0 Å². The second-order valence-electron chi connectivity index (χ2n) is 9.63. The Morgan fingerprint density at radius 2 is 1.73 bits per heavy atom. The van der Waals surface area contributed by atoms with E-state index in [9.17, 15) is 0 Å². The molecule has 6 heterocycles. The maximum atomic E-state index is 7.14. The van der Waals surface area contributed by atoms with Crippen LogP contribution in [0.3, 0.4) is 0 Å². The lowest BCUT2D eigenvalue weighted by atomic mass is 9.58. The number of hydrogen-bond acceptors (Lipinski definition) is 11. The van der Waals surface area contributed by atoms with Crippen LogP contribution in [0, 0.1) is 0 Å². The summed E-state index contributed by atoms with van der Waals surface area (Å²) in [5.74, 6) is -0.330. The maximum absolute atomic E-state index is 7.14. The van der Waals surface area contributed by atoms with Gasteiger partial charge in [-0.05, 0) is 52.7 Å². The number of para-hydroxylation sites is 1. The molecule has 7 aromatic rings. The van der Waals surface area contributed by atoms with Crippen molar-refractivity contribution >= 4 is 44.7 Å². The Morgan fingerprint density at radius 1 is 0.825 bits per heavy atom. The first-order chi connectivity index (χ1) is 19.8. The van der Waals surface area contributed by atoms with E-state index in [1.54, 1.807) is 6.26 Å². The van der Waals surface area contributed by atoms with Crippen molar-refractivity contribution in [1.29, 1.82) is 0 Å². The van der Waals surface area contributed by atoms with Gasteiger partial charge >= 0.3 is 0 Å². The Hall–Kier alpha value is -4.45. The molecular formula is C29H19N7O2S2. The van der Waals surface area contributed by atoms with Gasteiger partial charge in [0.1, 0.15) is 17.4 Å². The predicted octanol–water partition coefficient (Wildman–Crippen LogP) is 5.52. The minimum absolute atomic E-state index is 0.299. The number of aromatic nitrogens is 7. The molecular weight excluding hydrogens is 543 g/mol. The lowest BCUT2D eigenvalue weighted by Gasteiger charge is -2.43. The normalized spacial score (nSPS) is 22.8. The van der Waals surface area contributed by atoms with Crippen molar-refractivity contribution in [2.24, 2.45) is 0 Å². The van der Waals surface area contributed by atoms with Crippen molar-refractivity contribution in [3.63, 3.8) is 0 Å². The third-order valence-corrected chi connectivity index (χ3v) is 8.93. The molecule has 1 aliphatic heterocycles. The number of fused-ring (bicyclic) bond motifs is 2. The Balaban J connectivity index is 1.58. The molecule has 194 valence electrons. The highest BCUT2D eigenvalue weighted by molar-refractivity contribution is 7.03. The molecule has 0 N–H and O–H groups in total. The van der Waals surface area contributed by atoms with Crippen LogP contribution in [-0.4, -0.2) is 40.9 Å². The summed E-state index contributed by atoms with van der Waals surface area (Å²) in [5.41, 5.74) is 1.83. The van der Waals surface area contributed by atoms with Gasteiger partial charge in [0, 0.05) is 38.9 Å². The predicted molar refractivity (Wildman–Crippen MR) is 150 cm³/mol. The monoisotopic (exact) mass is 561 g/mol. The molecule has 0 spiro atoms. The van der Waals surface area contributed by atoms with E-state index in [1.807, 2.05) is 71.6 Å². The fraction of sp³-hybridized carbons (Fsp3) is 0.138. The Morgan fingerprint density at radius 3 is 2.55 bits per heavy atom. The van der Waals surface area contributed by atoms with Crippen LogP contribution in [0.5, 0.6) is 0 Å². The van der Waals surface area contributed by atoms with Gasteiger partial charge in [0.25, 0.3) is 0 Å². The molecule has 0 aliphatic carbocycles. The van der Waals surface area contributed by atoms with E-state index in [4.69, 9.17) is 23.6 Å². The lowest BCUT2D eigenvalue weighted by Crippen LogP contribution is -2.52. The third-order valence-electron chi connectivity index (χ3n) is 7.85. The van der Waals surface area contributed by atoms with Gasteiger partial charge in [-0.3, -0.25) is 4.98 Å². The molecule has 0 radical (unpaired) electrons. The molecule has 0 amide bonds. The largest absolute Gasteiger partial charge is 0.360 e. The van der Waals surface area contributed by atoms with Gasteiger partial charge in [-0.1, -0.05) is 53.0 Å². The van der Waals surface area contributed by atoms with Crippen molar-refractivity contribution in [3.8, 4) is 0 Å². The van der Waals surface area contributed by atoms with Crippen LogP contribution in [-0.2, 0) is 15.8 Å². The van der Waals surface area contributed by atoms with E-state index in [0.29, 0.717) is 29.4 Å². The molecule has 5 aromatic heterocycles. The van der Waals surface area contributed by atoms with Crippen LogP contribution in [0.15, 0.2) is 101 Å². The molecule has 1 aliphatic rings. The summed E-state index contributed by atoms with van der Waals surface area (Å²) in [6.45, 7) is 0.299. The summed E-state index contributed by atoms with van der Waals surface area (Å²) in [7, 11) is 0. The second kappa shape index (κ2) is 9.05. The molecule has 0 saturated carbocycles. The molecule has 1 saturated heterocycles. The molecule has 40 heavy (non-hydrogen) atoms. The fourth-order valence-corrected chi connectivity index (χ4v) is 7.32. The third kappa shape index (κ3) is 3.13. The van der Waals surface area contributed by atoms with Gasteiger partial charge in [-0.2, -0.15) is 4.37 Å². The van der Waals surface area contributed by atoms with Crippen LogP contribution in [0.25, 0.3) is 21.7 Å². The second-order valence-corrected chi connectivity index (χ2v) is 10.9. The quantitative estimate of drug-likeness (QED) is 0.268. The Bertz CT molecular complexity index is 1910. The number of rotatable bonds is 5. The molecule has 1 fully saturated rings. The first-order valence-electron chi connectivity index (χ1n) is 12.6. The van der Waals surface area contributed by atoms with E-state index in [0.717, 1.165) is 27.4 Å². The topological polar surface area (TPSA) is 113 Å². The van der Waals surface area contributed by atoms with E-state index in [-0.39, 0.29) is 5.92 Å². The van der Waals surface area contributed by atoms with Gasteiger partial charge < -0.3 is 9.26 Å². The highest BCUT2D eigenvalue weighted by Crippen LogP contribution is 2.63. The van der Waals surface area contributed by atoms with Gasteiger partial charge in [-0.15, -0.1) is 10.2 Å². The fourth-order valence-electron chi connectivity index (χ4n) is 6.24. The Kier molecular flexibility index (Phi) is 5.30. The zero-order valence-corrected chi connectivity index (χ0v) is 22.4. The average Bonchev–Trinajstić information content (AvgIpc) is 3.83. The van der Waals surface area contributed by atoms with Crippen molar-refractivity contribution in [1.82, 2.24) is 34.3 Å². The van der Waals surface area contributed by atoms with Crippen molar-refractivity contribution in [2.75, 3.05) is 6.61 Å². The standard InChI is InChI=1S/C29H19N7O2S2/c1-3-7-20-18(5-1)11-13-30-27(20)29(24-10-9-19-6-2-4-8-22(19)31-24)28(25-16-38-35-32-25,26-17-40-36-33-26)21(15-37-29)23-12-14-39-34-23/h1-14,16-17,21H,15H2. The Labute approximate surface area is 235 Å². The lowest BCUT2D eigenvalue weighted by molar-refractivity contribution is -0.000705. The zero-order chi connectivity index (χ0) is 26.6. The number of nitrogens with zero attached hydrogens (tertiary/aromatic N) is 7. The van der Waals surface area contributed by atoms with Crippen molar-refractivity contribution in [3.05, 3.63) is 124 Å². The first kappa shape index (κ1) is 23.4. The molecule has 0 bridgehead atoms. The van der Waals surface area contributed by atoms with Crippen molar-refractivity contribution in [2.45, 2.75) is 16.9 Å². The highest BCUT2D eigenvalue weighted by atomic mass is 32.1. The molecule has 3 atom stereocenters. The zero-order valence-electron chi connectivity index (χ0n) is 20.8.